The molecule has 0 aliphatic carbocycles. The van der Waals surface area contributed by atoms with E-state index in [2.05, 4.69) is 35.3 Å². The highest BCUT2D eigenvalue weighted by molar-refractivity contribution is 5.76. The van der Waals surface area contributed by atoms with Gasteiger partial charge >= 0.3 is 0 Å². The van der Waals surface area contributed by atoms with Crippen molar-refractivity contribution in [3.63, 3.8) is 0 Å². The van der Waals surface area contributed by atoms with Gasteiger partial charge in [0.15, 0.2) is 0 Å². The Labute approximate surface area is 132 Å². The van der Waals surface area contributed by atoms with E-state index >= 15 is 0 Å². The van der Waals surface area contributed by atoms with Crippen molar-refractivity contribution < 1.29 is 9.53 Å². The van der Waals surface area contributed by atoms with Gasteiger partial charge in [0.05, 0.1) is 0 Å². The Kier molecular flexibility index (Phi) is 4.55. The van der Waals surface area contributed by atoms with E-state index in [1.807, 2.05) is 6.92 Å². The predicted octanol–water partition coefficient (Wildman–Crippen LogP) is 2.90. The van der Waals surface area contributed by atoms with Crippen molar-refractivity contribution in [2.45, 2.75) is 58.1 Å². The molecule has 1 aromatic carbocycles. The van der Waals surface area contributed by atoms with Gasteiger partial charge in [-0.15, -0.1) is 0 Å². The van der Waals surface area contributed by atoms with Gasteiger partial charge in [0.1, 0.15) is 11.9 Å². The average molecular weight is 302 g/mol. The van der Waals surface area contributed by atoms with E-state index in [9.17, 15) is 4.79 Å². The lowest BCUT2D eigenvalue weighted by Crippen LogP contribution is -2.36. The molecule has 120 valence electrons. The molecular formula is C18H26N2O2. The molecule has 2 unspecified atom stereocenters. The van der Waals surface area contributed by atoms with Crippen molar-refractivity contribution in [2.24, 2.45) is 0 Å². The van der Waals surface area contributed by atoms with Gasteiger partial charge in [-0.3, -0.25) is 4.79 Å². The molecule has 4 nitrogen and oxygen atoms in total. The van der Waals surface area contributed by atoms with E-state index in [-0.39, 0.29) is 11.9 Å². The number of ether oxygens (including phenoxy) is 1. The second kappa shape index (κ2) is 6.59. The molecule has 0 saturated carbocycles. The van der Waals surface area contributed by atoms with Crippen LogP contribution in [0, 0.1) is 0 Å². The summed E-state index contributed by atoms with van der Waals surface area (Å²) in [6, 6.07) is 6.64. The maximum Gasteiger partial charge on any atom is 0.219 e. The Morgan fingerprint density at radius 2 is 2.27 bits per heavy atom. The third-order valence-electron chi connectivity index (χ3n) is 4.66. The predicted molar refractivity (Wildman–Crippen MR) is 88.5 cm³/mol. The highest BCUT2D eigenvalue weighted by Gasteiger charge is 2.30. The summed E-state index contributed by atoms with van der Waals surface area (Å²) in [6.07, 6.45) is 5.20. The summed E-state index contributed by atoms with van der Waals surface area (Å²) in [5, 5.41) is 3.11. The number of rotatable bonds is 5. The van der Waals surface area contributed by atoms with E-state index in [1.165, 1.54) is 11.3 Å². The molecular weight excluding hydrogens is 276 g/mol. The van der Waals surface area contributed by atoms with Crippen LogP contribution in [0.2, 0.25) is 0 Å². The Bertz CT molecular complexity index is 544. The minimum atomic E-state index is 0.150. The van der Waals surface area contributed by atoms with Gasteiger partial charge in [0, 0.05) is 43.2 Å². The number of nitrogens with zero attached hydrogens (tertiary/aromatic N) is 1. The first-order valence-electron chi connectivity index (χ1n) is 8.54. The zero-order valence-corrected chi connectivity index (χ0v) is 13.6. The number of benzene rings is 1. The number of nitrogens with one attached hydrogen (secondary N) is 1. The van der Waals surface area contributed by atoms with Gasteiger partial charge in [0.2, 0.25) is 5.91 Å². The Balaban J connectivity index is 1.70. The van der Waals surface area contributed by atoms with E-state index in [1.54, 1.807) is 0 Å². The monoisotopic (exact) mass is 302 g/mol. The minimum absolute atomic E-state index is 0.150. The SMILES string of the molecule is CCCC1Cc2c(cccc2N2CCC(NC(=O)CC)C2)O1. The molecule has 1 aromatic rings. The molecule has 0 radical (unpaired) electrons. The van der Waals surface area contributed by atoms with Crippen LogP contribution < -0.4 is 15.0 Å². The zero-order valence-electron chi connectivity index (χ0n) is 13.6. The molecule has 1 fully saturated rings. The normalized spacial score (nSPS) is 23.3. The molecule has 2 aliphatic rings. The van der Waals surface area contributed by atoms with Crippen molar-refractivity contribution >= 4 is 11.6 Å². The van der Waals surface area contributed by atoms with Crippen LogP contribution in [-0.4, -0.2) is 31.1 Å². The third kappa shape index (κ3) is 3.06. The maximum atomic E-state index is 11.6. The zero-order chi connectivity index (χ0) is 15.5. The number of hydrogen-bond donors (Lipinski definition) is 1. The first kappa shape index (κ1) is 15.2. The Morgan fingerprint density at radius 3 is 3.05 bits per heavy atom. The van der Waals surface area contributed by atoms with Crippen molar-refractivity contribution in [2.75, 3.05) is 18.0 Å². The molecule has 22 heavy (non-hydrogen) atoms. The Hall–Kier alpha value is -1.71. The molecule has 1 saturated heterocycles. The number of carbonyl (C=O) groups excluding carboxylic acids is 1. The second-order valence-electron chi connectivity index (χ2n) is 6.34. The molecule has 0 aromatic heterocycles. The van der Waals surface area contributed by atoms with Gasteiger partial charge in [-0.05, 0) is 25.0 Å². The molecule has 1 N–H and O–H groups in total. The summed E-state index contributed by atoms with van der Waals surface area (Å²) in [4.78, 5) is 14.0. The summed E-state index contributed by atoms with van der Waals surface area (Å²) in [5.74, 6) is 1.20. The number of fused-ring (bicyclic) bond motifs is 1. The number of carbonyl (C=O) groups is 1. The van der Waals surface area contributed by atoms with Crippen LogP contribution in [0.5, 0.6) is 5.75 Å². The highest BCUT2D eigenvalue weighted by Crippen LogP contribution is 2.38. The fourth-order valence-electron chi connectivity index (χ4n) is 3.52. The van der Waals surface area contributed by atoms with Gasteiger partial charge < -0.3 is 15.0 Å². The third-order valence-corrected chi connectivity index (χ3v) is 4.66. The fraction of sp³-hybridized carbons (Fsp3) is 0.611. The Morgan fingerprint density at radius 1 is 1.41 bits per heavy atom. The summed E-state index contributed by atoms with van der Waals surface area (Å²) in [5.41, 5.74) is 2.65. The number of anilines is 1. The molecule has 3 rings (SSSR count). The van der Waals surface area contributed by atoms with Crippen LogP contribution in [0.3, 0.4) is 0 Å². The van der Waals surface area contributed by atoms with E-state index < -0.39 is 0 Å². The van der Waals surface area contributed by atoms with E-state index in [4.69, 9.17) is 4.74 Å². The lowest BCUT2D eigenvalue weighted by atomic mass is 10.0. The van der Waals surface area contributed by atoms with Crippen LogP contribution in [0.4, 0.5) is 5.69 Å². The molecule has 0 bridgehead atoms. The number of amides is 1. The van der Waals surface area contributed by atoms with Crippen molar-refractivity contribution in [3.05, 3.63) is 23.8 Å². The van der Waals surface area contributed by atoms with Crippen molar-refractivity contribution in [1.29, 1.82) is 0 Å². The van der Waals surface area contributed by atoms with Gasteiger partial charge in [0.25, 0.3) is 0 Å². The van der Waals surface area contributed by atoms with Gasteiger partial charge in [-0.2, -0.15) is 0 Å². The average Bonchev–Trinajstić information content (AvgIpc) is 3.13. The lowest BCUT2D eigenvalue weighted by molar-refractivity contribution is -0.121. The van der Waals surface area contributed by atoms with Gasteiger partial charge in [-0.25, -0.2) is 0 Å². The highest BCUT2D eigenvalue weighted by atomic mass is 16.5. The van der Waals surface area contributed by atoms with E-state index in [0.717, 1.165) is 44.5 Å². The minimum Gasteiger partial charge on any atom is -0.490 e. The molecule has 4 heteroatoms. The van der Waals surface area contributed by atoms with Crippen LogP contribution in [0.25, 0.3) is 0 Å². The molecule has 2 heterocycles. The summed E-state index contributed by atoms with van der Waals surface area (Å²) in [6.45, 7) is 6.01. The topological polar surface area (TPSA) is 41.6 Å². The van der Waals surface area contributed by atoms with E-state index in [0.29, 0.717) is 12.5 Å². The standard InChI is InChI=1S/C18H26N2O2/c1-3-6-14-11-15-16(7-5-8-17(15)22-14)20-10-9-13(12-20)19-18(21)4-2/h5,7-8,13-14H,3-4,6,9-12H2,1-2H3,(H,19,21). The summed E-state index contributed by atoms with van der Waals surface area (Å²) < 4.78 is 6.06. The first-order valence-corrected chi connectivity index (χ1v) is 8.54. The smallest absolute Gasteiger partial charge is 0.219 e. The van der Waals surface area contributed by atoms with Crippen LogP contribution in [0.15, 0.2) is 18.2 Å². The second-order valence-corrected chi connectivity index (χ2v) is 6.34. The molecule has 2 aliphatic heterocycles. The summed E-state index contributed by atoms with van der Waals surface area (Å²) >= 11 is 0. The van der Waals surface area contributed by atoms with Gasteiger partial charge in [-0.1, -0.05) is 26.3 Å². The number of hydrogen-bond acceptors (Lipinski definition) is 3. The fourth-order valence-corrected chi connectivity index (χ4v) is 3.52. The molecule has 2 atom stereocenters. The lowest BCUT2D eigenvalue weighted by Gasteiger charge is -2.21. The molecule has 1 amide bonds. The maximum absolute atomic E-state index is 11.6. The summed E-state index contributed by atoms with van der Waals surface area (Å²) in [7, 11) is 0. The van der Waals surface area contributed by atoms with Crippen molar-refractivity contribution in [3.8, 4) is 5.75 Å². The van der Waals surface area contributed by atoms with Crippen LogP contribution in [-0.2, 0) is 11.2 Å². The quantitative estimate of drug-likeness (QED) is 0.909. The van der Waals surface area contributed by atoms with Crippen LogP contribution in [0.1, 0.15) is 45.1 Å². The largest absolute Gasteiger partial charge is 0.490 e. The first-order chi connectivity index (χ1) is 10.7. The van der Waals surface area contributed by atoms with Crippen molar-refractivity contribution in [1.82, 2.24) is 5.32 Å². The van der Waals surface area contributed by atoms with Crippen LogP contribution >= 0.6 is 0 Å². The molecule has 0 spiro atoms.